The fraction of sp³-hybridized carbons (Fsp3) is 0.769. The van der Waals surface area contributed by atoms with Crippen LogP contribution >= 0.6 is 0 Å². The molecule has 1 atom stereocenters. The van der Waals surface area contributed by atoms with E-state index in [4.69, 9.17) is 9.26 Å². The van der Waals surface area contributed by atoms with Gasteiger partial charge in [0.15, 0.2) is 0 Å². The lowest BCUT2D eigenvalue weighted by molar-refractivity contribution is 0.148. The van der Waals surface area contributed by atoms with Gasteiger partial charge in [0.1, 0.15) is 5.76 Å². The molecule has 2 heterocycles. The third kappa shape index (κ3) is 3.45. The zero-order valence-corrected chi connectivity index (χ0v) is 12.9. The van der Waals surface area contributed by atoms with Gasteiger partial charge in [0, 0.05) is 31.7 Å². The lowest BCUT2D eigenvalue weighted by atomic mass is 10.2. The van der Waals surface area contributed by atoms with Crippen molar-refractivity contribution in [1.29, 1.82) is 0 Å². The Hall–Kier alpha value is -0.960. The number of ether oxygens (including phenoxy) is 1. The van der Waals surface area contributed by atoms with Gasteiger partial charge in [-0.05, 0) is 25.7 Å². The lowest BCUT2D eigenvalue weighted by Crippen LogP contribution is -2.44. The van der Waals surface area contributed by atoms with E-state index >= 15 is 0 Å². The predicted molar refractivity (Wildman–Crippen MR) is 75.8 cm³/mol. The van der Waals surface area contributed by atoms with Crippen molar-refractivity contribution in [2.24, 2.45) is 0 Å². The number of methoxy groups -OCH3 is 1. The van der Waals surface area contributed by atoms with E-state index < -0.39 is 10.2 Å². The van der Waals surface area contributed by atoms with Gasteiger partial charge in [0.25, 0.3) is 10.2 Å². The highest BCUT2D eigenvalue weighted by atomic mass is 32.2. The van der Waals surface area contributed by atoms with Crippen LogP contribution in [0, 0.1) is 0 Å². The zero-order chi connectivity index (χ0) is 14.9. The van der Waals surface area contributed by atoms with Crippen LogP contribution in [-0.2, 0) is 21.5 Å². The maximum absolute atomic E-state index is 12.3. The summed E-state index contributed by atoms with van der Waals surface area (Å²) in [6.45, 7) is 1.13. The van der Waals surface area contributed by atoms with Gasteiger partial charge < -0.3 is 9.26 Å². The van der Waals surface area contributed by atoms with E-state index in [2.05, 4.69) is 9.88 Å². The van der Waals surface area contributed by atoms with Gasteiger partial charge in [-0.1, -0.05) is 5.16 Å². The molecule has 0 bridgehead atoms. The third-order valence-corrected chi connectivity index (χ3v) is 5.59. The van der Waals surface area contributed by atoms with E-state index in [1.165, 1.54) is 4.31 Å². The fourth-order valence-electron chi connectivity index (χ4n) is 2.70. The topological polar surface area (TPSA) is 84.7 Å². The third-order valence-electron chi connectivity index (χ3n) is 3.98. The maximum Gasteiger partial charge on any atom is 0.280 e. The Morgan fingerprint density at radius 1 is 1.48 bits per heavy atom. The van der Waals surface area contributed by atoms with E-state index in [0.717, 1.165) is 31.4 Å². The minimum atomic E-state index is -3.50. The summed E-state index contributed by atoms with van der Waals surface area (Å²) in [4.78, 5) is 0. The average molecular weight is 315 g/mol. The van der Waals surface area contributed by atoms with E-state index in [-0.39, 0.29) is 12.6 Å². The van der Waals surface area contributed by atoms with Gasteiger partial charge in [-0.3, -0.25) is 0 Å². The summed E-state index contributed by atoms with van der Waals surface area (Å²) in [7, 11) is -1.91. The van der Waals surface area contributed by atoms with Gasteiger partial charge in [-0.15, -0.1) is 0 Å². The quantitative estimate of drug-likeness (QED) is 0.811. The summed E-state index contributed by atoms with van der Waals surface area (Å²) >= 11 is 0. The second-order valence-electron chi connectivity index (χ2n) is 5.68. The van der Waals surface area contributed by atoms with Gasteiger partial charge in [0.2, 0.25) is 0 Å². The largest absolute Gasteiger partial charge is 0.383 e. The Morgan fingerprint density at radius 3 is 3.00 bits per heavy atom. The van der Waals surface area contributed by atoms with Crippen LogP contribution < -0.4 is 4.72 Å². The van der Waals surface area contributed by atoms with Crippen LogP contribution in [0.25, 0.3) is 0 Å². The molecule has 0 aromatic carbocycles. The Morgan fingerprint density at radius 2 is 2.29 bits per heavy atom. The number of nitrogens with one attached hydrogen (secondary N) is 1. The first-order chi connectivity index (χ1) is 10.1. The Bertz CT molecular complexity index is 582. The van der Waals surface area contributed by atoms with Crippen molar-refractivity contribution in [3.63, 3.8) is 0 Å². The molecule has 118 valence electrons. The average Bonchev–Trinajstić information content (AvgIpc) is 3.01. The molecule has 21 heavy (non-hydrogen) atoms. The minimum absolute atomic E-state index is 0.0770. The molecular weight excluding hydrogens is 294 g/mol. The SMILES string of the molecule is COC[C@H]1CCCN1S(=O)(=O)NCc1cc(C2CC2)on1. The molecule has 0 spiro atoms. The molecule has 1 saturated heterocycles. The Kier molecular flexibility index (Phi) is 4.30. The first kappa shape index (κ1) is 15.0. The molecule has 0 unspecified atom stereocenters. The number of nitrogens with zero attached hydrogens (tertiary/aromatic N) is 2. The van der Waals surface area contributed by atoms with E-state index in [1.54, 1.807) is 7.11 Å². The van der Waals surface area contributed by atoms with E-state index in [1.807, 2.05) is 6.07 Å². The molecule has 1 N–H and O–H groups in total. The lowest BCUT2D eigenvalue weighted by Gasteiger charge is -2.23. The van der Waals surface area contributed by atoms with Crippen molar-refractivity contribution in [2.75, 3.05) is 20.3 Å². The molecule has 8 heteroatoms. The molecule has 1 aromatic heterocycles. The van der Waals surface area contributed by atoms with Crippen LogP contribution in [0.2, 0.25) is 0 Å². The number of hydrogen-bond donors (Lipinski definition) is 1. The van der Waals surface area contributed by atoms with Crippen molar-refractivity contribution in [3.8, 4) is 0 Å². The van der Waals surface area contributed by atoms with Crippen molar-refractivity contribution >= 4 is 10.2 Å². The second-order valence-corrected chi connectivity index (χ2v) is 7.39. The van der Waals surface area contributed by atoms with Crippen molar-refractivity contribution in [2.45, 2.75) is 44.2 Å². The molecule has 7 nitrogen and oxygen atoms in total. The molecule has 1 saturated carbocycles. The summed E-state index contributed by atoms with van der Waals surface area (Å²) in [6, 6.07) is 1.77. The highest BCUT2D eigenvalue weighted by Gasteiger charge is 2.34. The molecule has 2 aliphatic rings. The van der Waals surface area contributed by atoms with Crippen LogP contribution in [0.4, 0.5) is 0 Å². The number of aromatic nitrogens is 1. The first-order valence-corrected chi connectivity index (χ1v) is 8.75. The summed E-state index contributed by atoms with van der Waals surface area (Å²) in [6.07, 6.45) is 3.97. The van der Waals surface area contributed by atoms with Crippen LogP contribution in [0.5, 0.6) is 0 Å². The molecule has 1 aliphatic carbocycles. The number of hydrogen-bond acceptors (Lipinski definition) is 5. The normalized spacial score (nSPS) is 23.8. The summed E-state index contributed by atoms with van der Waals surface area (Å²) in [5.41, 5.74) is 0.628. The molecule has 2 fully saturated rings. The van der Waals surface area contributed by atoms with Gasteiger partial charge in [-0.25, -0.2) is 0 Å². The maximum atomic E-state index is 12.3. The van der Waals surface area contributed by atoms with Crippen LogP contribution in [0.3, 0.4) is 0 Å². The van der Waals surface area contributed by atoms with Crippen LogP contribution in [-0.4, -0.2) is 44.2 Å². The summed E-state index contributed by atoms with van der Waals surface area (Å²) < 4.78 is 39.1. The van der Waals surface area contributed by atoms with Gasteiger partial charge >= 0.3 is 0 Å². The van der Waals surface area contributed by atoms with Crippen molar-refractivity contribution < 1.29 is 17.7 Å². The summed E-state index contributed by atoms with van der Waals surface area (Å²) in [5.74, 6) is 1.34. The molecule has 0 amide bonds. The highest BCUT2D eigenvalue weighted by molar-refractivity contribution is 7.87. The van der Waals surface area contributed by atoms with E-state index in [0.29, 0.717) is 24.8 Å². The minimum Gasteiger partial charge on any atom is -0.383 e. The van der Waals surface area contributed by atoms with E-state index in [9.17, 15) is 8.42 Å². The van der Waals surface area contributed by atoms with Crippen LogP contribution in [0.1, 0.15) is 43.1 Å². The smallest absolute Gasteiger partial charge is 0.280 e. The standard InChI is InChI=1S/C13H21N3O4S/c1-19-9-12-3-2-6-16(12)21(17,18)14-8-11-7-13(20-15-11)10-4-5-10/h7,10,12,14H,2-6,8-9H2,1H3/t12-/m1/s1. The fourth-order valence-corrected chi connectivity index (χ4v) is 4.13. The number of rotatable bonds is 7. The van der Waals surface area contributed by atoms with Crippen molar-refractivity contribution in [3.05, 3.63) is 17.5 Å². The second kappa shape index (κ2) is 6.04. The van der Waals surface area contributed by atoms with Gasteiger partial charge in [-0.2, -0.15) is 17.4 Å². The molecular formula is C13H21N3O4S. The Labute approximate surface area is 124 Å². The first-order valence-electron chi connectivity index (χ1n) is 7.31. The van der Waals surface area contributed by atoms with Gasteiger partial charge in [0.05, 0.1) is 18.8 Å². The van der Waals surface area contributed by atoms with Crippen molar-refractivity contribution in [1.82, 2.24) is 14.2 Å². The summed E-state index contributed by atoms with van der Waals surface area (Å²) in [5, 5.41) is 3.92. The zero-order valence-electron chi connectivity index (χ0n) is 12.1. The molecule has 0 radical (unpaired) electrons. The molecule has 1 aromatic rings. The van der Waals surface area contributed by atoms with Crippen LogP contribution in [0.15, 0.2) is 10.6 Å². The predicted octanol–water partition coefficient (Wildman–Crippen LogP) is 0.997. The molecule has 3 rings (SSSR count). The Balaban J connectivity index is 1.59. The molecule has 1 aliphatic heterocycles. The highest BCUT2D eigenvalue weighted by Crippen LogP contribution is 2.40. The monoisotopic (exact) mass is 315 g/mol.